The molecule has 1 fully saturated rings. The van der Waals surface area contributed by atoms with E-state index in [4.69, 9.17) is 4.74 Å². The number of hydrogen-bond donors (Lipinski definition) is 2. The fourth-order valence-electron chi connectivity index (χ4n) is 2.84. The first-order chi connectivity index (χ1) is 13.2. The van der Waals surface area contributed by atoms with Crippen LogP contribution in [0.5, 0.6) is 5.75 Å². The second-order valence-corrected chi connectivity index (χ2v) is 6.37. The topological polar surface area (TPSA) is 67.4 Å². The minimum atomic E-state index is -0.463. The SMILES string of the molecule is COc1ccc(C#Cc2ccc(C(=O)N[C@H]3CCCCNC3=O)cc2)cc1. The molecule has 2 amide bonds. The zero-order chi connectivity index (χ0) is 19.1. The molecule has 0 unspecified atom stereocenters. The summed E-state index contributed by atoms with van der Waals surface area (Å²) in [5, 5.41) is 5.63. The van der Waals surface area contributed by atoms with E-state index in [-0.39, 0.29) is 11.8 Å². The summed E-state index contributed by atoms with van der Waals surface area (Å²) in [6.07, 6.45) is 2.53. The van der Waals surface area contributed by atoms with E-state index in [1.54, 1.807) is 31.4 Å². The van der Waals surface area contributed by atoms with Crippen molar-refractivity contribution in [3.8, 4) is 17.6 Å². The second-order valence-electron chi connectivity index (χ2n) is 6.37. The summed E-state index contributed by atoms with van der Waals surface area (Å²) in [7, 11) is 1.63. The summed E-state index contributed by atoms with van der Waals surface area (Å²) in [6, 6.07) is 14.1. The quantitative estimate of drug-likeness (QED) is 0.825. The lowest BCUT2D eigenvalue weighted by molar-refractivity contribution is -0.122. The molecule has 1 heterocycles. The van der Waals surface area contributed by atoms with E-state index in [2.05, 4.69) is 22.5 Å². The third-order valence-electron chi connectivity index (χ3n) is 4.43. The number of nitrogens with one attached hydrogen (secondary N) is 2. The molecule has 0 bridgehead atoms. The van der Waals surface area contributed by atoms with Crippen LogP contribution in [0.4, 0.5) is 0 Å². The van der Waals surface area contributed by atoms with Crippen molar-refractivity contribution in [2.45, 2.75) is 25.3 Å². The van der Waals surface area contributed by atoms with Crippen LogP contribution in [0.3, 0.4) is 0 Å². The first-order valence-electron chi connectivity index (χ1n) is 9.00. The van der Waals surface area contributed by atoms with E-state index in [9.17, 15) is 9.59 Å². The minimum absolute atomic E-state index is 0.108. The van der Waals surface area contributed by atoms with Crippen LogP contribution in [0.2, 0.25) is 0 Å². The van der Waals surface area contributed by atoms with Crippen molar-refractivity contribution in [1.82, 2.24) is 10.6 Å². The van der Waals surface area contributed by atoms with Crippen molar-refractivity contribution in [2.75, 3.05) is 13.7 Å². The molecule has 2 aromatic rings. The summed E-state index contributed by atoms with van der Waals surface area (Å²) < 4.78 is 5.12. The third kappa shape index (κ3) is 5.11. The van der Waals surface area contributed by atoms with Crippen molar-refractivity contribution >= 4 is 11.8 Å². The standard InChI is InChI=1S/C22H22N2O3/c1-27-19-13-9-17(10-14-19)6-5-16-7-11-18(12-8-16)21(25)24-20-4-2-3-15-23-22(20)26/h7-14,20H,2-4,15H2,1H3,(H,23,26)(H,24,25)/t20-/m0/s1. The van der Waals surface area contributed by atoms with E-state index in [1.807, 2.05) is 24.3 Å². The summed E-state index contributed by atoms with van der Waals surface area (Å²) >= 11 is 0. The number of ether oxygens (including phenoxy) is 1. The molecule has 1 aliphatic heterocycles. The summed E-state index contributed by atoms with van der Waals surface area (Å²) in [6.45, 7) is 0.673. The molecule has 0 spiro atoms. The molecule has 5 heteroatoms. The molecule has 1 atom stereocenters. The first kappa shape index (κ1) is 18.5. The molecule has 2 N–H and O–H groups in total. The Hall–Kier alpha value is -3.26. The molecule has 0 aliphatic carbocycles. The van der Waals surface area contributed by atoms with Crippen molar-refractivity contribution in [1.29, 1.82) is 0 Å². The molecule has 0 radical (unpaired) electrons. The fraction of sp³-hybridized carbons (Fsp3) is 0.273. The van der Waals surface area contributed by atoms with Gasteiger partial charge < -0.3 is 15.4 Å². The monoisotopic (exact) mass is 362 g/mol. The van der Waals surface area contributed by atoms with Crippen LogP contribution in [0, 0.1) is 11.8 Å². The van der Waals surface area contributed by atoms with Crippen LogP contribution in [0.15, 0.2) is 48.5 Å². The Morgan fingerprint density at radius 2 is 1.67 bits per heavy atom. The van der Waals surface area contributed by atoms with Gasteiger partial charge in [-0.15, -0.1) is 0 Å². The van der Waals surface area contributed by atoms with Crippen molar-refractivity contribution in [3.05, 3.63) is 65.2 Å². The Balaban J connectivity index is 1.63. The Bertz CT molecular complexity index is 861. The summed E-state index contributed by atoms with van der Waals surface area (Å²) in [5.74, 6) is 6.59. The number of hydrogen-bond acceptors (Lipinski definition) is 3. The van der Waals surface area contributed by atoms with Crippen molar-refractivity contribution < 1.29 is 14.3 Å². The van der Waals surface area contributed by atoms with Crippen LogP contribution >= 0.6 is 0 Å². The smallest absolute Gasteiger partial charge is 0.251 e. The van der Waals surface area contributed by atoms with Gasteiger partial charge in [-0.1, -0.05) is 11.8 Å². The summed E-state index contributed by atoms with van der Waals surface area (Å²) in [5.41, 5.74) is 2.22. The van der Waals surface area contributed by atoms with Gasteiger partial charge in [0.05, 0.1) is 7.11 Å². The summed E-state index contributed by atoms with van der Waals surface area (Å²) in [4.78, 5) is 24.3. The Kier molecular flexibility index (Phi) is 6.11. The molecule has 27 heavy (non-hydrogen) atoms. The number of rotatable bonds is 3. The van der Waals surface area contributed by atoms with E-state index in [0.29, 0.717) is 18.5 Å². The number of benzene rings is 2. The molecule has 5 nitrogen and oxygen atoms in total. The fourth-order valence-corrected chi connectivity index (χ4v) is 2.84. The number of carbonyl (C=O) groups excluding carboxylic acids is 2. The Morgan fingerprint density at radius 1 is 1.04 bits per heavy atom. The lowest BCUT2D eigenvalue weighted by atomic mass is 10.1. The molecule has 0 saturated carbocycles. The van der Waals surface area contributed by atoms with Crippen molar-refractivity contribution in [2.24, 2.45) is 0 Å². The van der Waals surface area contributed by atoms with Gasteiger partial charge >= 0.3 is 0 Å². The van der Waals surface area contributed by atoms with E-state index >= 15 is 0 Å². The van der Waals surface area contributed by atoms with E-state index < -0.39 is 6.04 Å². The predicted octanol–water partition coefficient (Wildman–Crippen LogP) is 2.49. The zero-order valence-electron chi connectivity index (χ0n) is 15.2. The number of carbonyl (C=O) groups is 2. The van der Waals surface area contributed by atoms with Crippen LogP contribution in [0.1, 0.15) is 40.7 Å². The largest absolute Gasteiger partial charge is 0.497 e. The molecule has 2 aromatic carbocycles. The second kappa shape index (κ2) is 8.91. The lowest BCUT2D eigenvalue weighted by Gasteiger charge is -2.15. The maximum Gasteiger partial charge on any atom is 0.251 e. The van der Waals surface area contributed by atoms with Gasteiger partial charge in [-0.25, -0.2) is 0 Å². The molecule has 138 valence electrons. The van der Waals surface area contributed by atoms with E-state index in [1.165, 1.54) is 0 Å². The molecule has 3 rings (SSSR count). The average Bonchev–Trinajstić information content (AvgIpc) is 2.91. The van der Waals surface area contributed by atoms with Gasteiger partial charge in [0, 0.05) is 23.2 Å². The minimum Gasteiger partial charge on any atom is -0.497 e. The highest BCUT2D eigenvalue weighted by Gasteiger charge is 2.22. The highest BCUT2D eigenvalue weighted by Crippen LogP contribution is 2.11. The first-order valence-corrected chi connectivity index (χ1v) is 9.00. The molecule has 0 aromatic heterocycles. The van der Waals surface area contributed by atoms with Gasteiger partial charge in [-0.3, -0.25) is 9.59 Å². The molecular formula is C22H22N2O3. The normalized spacial score (nSPS) is 16.3. The highest BCUT2D eigenvalue weighted by molar-refractivity contribution is 5.97. The van der Waals surface area contributed by atoms with Crippen LogP contribution in [0.25, 0.3) is 0 Å². The van der Waals surface area contributed by atoms with Crippen LogP contribution in [-0.2, 0) is 4.79 Å². The van der Waals surface area contributed by atoms with Gasteiger partial charge in [-0.05, 0) is 67.8 Å². The maximum absolute atomic E-state index is 12.4. The van der Waals surface area contributed by atoms with Gasteiger partial charge in [0.2, 0.25) is 5.91 Å². The molecule has 1 aliphatic rings. The molecular weight excluding hydrogens is 340 g/mol. The van der Waals surface area contributed by atoms with Crippen LogP contribution < -0.4 is 15.4 Å². The predicted molar refractivity (Wildman–Crippen MR) is 104 cm³/mol. The number of amides is 2. The van der Waals surface area contributed by atoms with Gasteiger partial charge in [0.15, 0.2) is 0 Å². The zero-order valence-corrected chi connectivity index (χ0v) is 15.2. The third-order valence-corrected chi connectivity index (χ3v) is 4.43. The highest BCUT2D eigenvalue weighted by atomic mass is 16.5. The lowest BCUT2D eigenvalue weighted by Crippen LogP contribution is -2.45. The van der Waals surface area contributed by atoms with Crippen LogP contribution in [-0.4, -0.2) is 31.5 Å². The maximum atomic E-state index is 12.4. The Labute approximate surface area is 159 Å². The molecule has 1 saturated heterocycles. The van der Waals surface area contributed by atoms with Gasteiger partial charge in [0.1, 0.15) is 11.8 Å². The van der Waals surface area contributed by atoms with Gasteiger partial charge in [-0.2, -0.15) is 0 Å². The Morgan fingerprint density at radius 3 is 2.30 bits per heavy atom. The average molecular weight is 362 g/mol. The number of methoxy groups -OCH3 is 1. The van der Waals surface area contributed by atoms with Crippen molar-refractivity contribution in [3.63, 3.8) is 0 Å². The van der Waals surface area contributed by atoms with E-state index in [0.717, 1.165) is 29.7 Å². The van der Waals surface area contributed by atoms with Gasteiger partial charge in [0.25, 0.3) is 5.91 Å².